The molecule has 78 valence electrons. The van der Waals surface area contributed by atoms with Crippen molar-refractivity contribution in [3.63, 3.8) is 0 Å². The minimum absolute atomic E-state index is 0.639. The van der Waals surface area contributed by atoms with E-state index in [2.05, 4.69) is 29.5 Å². The van der Waals surface area contributed by atoms with E-state index in [4.69, 9.17) is 5.26 Å². The van der Waals surface area contributed by atoms with Gasteiger partial charge in [0.25, 0.3) is 0 Å². The Balaban J connectivity index is 2.92. The highest BCUT2D eigenvalue weighted by Gasteiger charge is 2.05. The van der Waals surface area contributed by atoms with Gasteiger partial charge in [-0.1, -0.05) is 12.2 Å². The maximum Gasteiger partial charge on any atom is 0.130 e. The lowest BCUT2D eigenvalue weighted by Gasteiger charge is -2.21. The fraction of sp³-hybridized carbons (Fsp3) is 0.333. The number of aromatic nitrogens is 1. The molecule has 1 heterocycles. The van der Waals surface area contributed by atoms with E-state index in [0.717, 1.165) is 24.5 Å². The van der Waals surface area contributed by atoms with Crippen molar-refractivity contribution in [2.24, 2.45) is 0 Å². The maximum absolute atomic E-state index is 8.78. The second-order valence-corrected chi connectivity index (χ2v) is 3.49. The Labute approximate surface area is 90.7 Å². The summed E-state index contributed by atoms with van der Waals surface area (Å²) < 4.78 is 0. The third-order valence-corrected chi connectivity index (χ3v) is 2.04. The predicted molar refractivity (Wildman–Crippen MR) is 61.7 cm³/mol. The smallest absolute Gasteiger partial charge is 0.130 e. The van der Waals surface area contributed by atoms with Crippen molar-refractivity contribution in [1.29, 1.82) is 5.26 Å². The molecule has 1 aromatic heterocycles. The van der Waals surface area contributed by atoms with Gasteiger partial charge >= 0.3 is 0 Å². The van der Waals surface area contributed by atoms with Gasteiger partial charge < -0.3 is 4.90 Å². The summed E-state index contributed by atoms with van der Waals surface area (Å²) in [4.78, 5) is 6.33. The van der Waals surface area contributed by atoms with Gasteiger partial charge in [0.15, 0.2) is 0 Å². The van der Waals surface area contributed by atoms with Gasteiger partial charge in [-0.15, -0.1) is 0 Å². The van der Waals surface area contributed by atoms with Gasteiger partial charge in [0, 0.05) is 19.3 Å². The first kappa shape index (κ1) is 11.3. The summed E-state index contributed by atoms with van der Waals surface area (Å²) in [5.41, 5.74) is 1.72. The molecule has 0 saturated carbocycles. The fourth-order valence-electron chi connectivity index (χ4n) is 1.34. The van der Waals surface area contributed by atoms with E-state index in [1.54, 1.807) is 18.3 Å². The standard InChI is InChI=1S/C12H15N3/c1-4-15(9-10(2)3)12-7-11(8-13)5-6-14-12/h5-7H,2,4,9H2,1,3H3. The van der Waals surface area contributed by atoms with Crippen molar-refractivity contribution in [2.75, 3.05) is 18.0 Å². The SMILES string of the molecule is C=C(C)CN(CC)c1cc(C#N)ccn1. The Kier molecular flexibility index (Phi) is 3.87. The van der Waals surface area contributed by atoms with Crippen LogP contribution in [0.3, 0.4) is 0 Å². The lowest BCUT2D eigenvalue weighted by Crippen LogP contribution is -2.25. The summed E-state index contributed by atoms with van der Waals surface area (Å²) in [5, 5.41) is 8.78. The number of anilines is 1. The van der Waals surface area contributed by atoms with E-state index in [9.17, 15) is 0 Å². The van der Waals surface area contributed by atoms with E-state index in [1.807, 2.05) is 6.92 Å². The minimum Gasteiger partial charge on any atom is -0.353 e. The summed E-state index contributed by atoms with van der Waals surface area (Å²) in [5.74, 6) is 0.833. The normalized spacial score (nSPS) is 9.40. The van der Waals surface area contributed by atoms with Gasteiger partial charge in [0.2, 0.25) is 0 Å². The van der Waals surface area contributed by atoms with Crippen LogP contribution >= 0.6 is 0 Å². The zero-order valence-electron chi connectivity index (χ0n) is 9.20. The van der Waals surface area contributed by atoms with E-state index in [1.165, 1.54) is 0 Å². The lowest BCUT2D eigenvalue weighted by molar-refractivity contribution is 0.859. The monoisotopic (exact) mass is 201 g/mol. The molecule has 0 aliphatic rings. The molecule has 1 aromatic rings. The number of nitriles is 1. The first-order valence-corrected chi connectivity index (χ1v) is 4.93. The molecule has 0 radical (unpaired) electrons. The molecule has 3 nitrogen and oxygen atoms in total. The zero-order chi connectivity index (χ0) is 11.3. The molecule has 0 aliphatic heterocycles. The summed E-state index contributed by atoms with van der Waals surface area (Å²) in [6.07, 6.45) is 1.66. The van der Waals surface area contributed by atoms with Gasteiger partial charge in [0.1, 0.15) is 5.82 Å². The average Bonchev–Trinajstić information content (AvgIpc) is 2.25. The van der Waals surface area contributed by atoms with Crippen molar-refractivity contribution in [2.45, 2.75) is 13.8 Å². The van der Waals surface area contributed by atoms with Crippen LogP contribution in [0.5, 0.6) is 0 Å². The average molecular weight is 201 g/mol. The number of nitrogens with zero attached hydrogens (tertiary/aromatic N) is 3. The van der Waals surface area contributed by atoms with Crippen LogP contribution in [0.15, 0.2) is 30.5 Å². The predicted octanol–water partition coefficient (Wildman–Crippen LogP) is 2.36. The number of pyridine rings is 1. The summed E-state index contributed by atoms with van der Waals surface area (Å²) in [7, 11) is 0. The molecular weight excluding hydrogens is 186 g/mol. The highest BCUT2D eigenvalue weighted by Crippen LogP contribution is 2.13. The third-order valence-electron chi connectivity index (χ3n) is 2.04. The second-order valence-electron chi connectivity index (χ2n) is 3.49. The Morgan fingerprint density at radius 2 is 2.40 bits per heavy atom. The second kappa shape index (κ2) is 5.16. The van der Waals surface area contributed by atoms with Gasteiger partial charge in [-0.2, -0.15) is 5.26 Å². The third kappa shape index (κ3) is 3.10. The highest BCUT2D eigenvalue weighted by atomic mass is 15.2. The number of likely N-dealkylation sites (N-methyl/N-ethyl adjacent to an activating group) is 1. The van der Waals surface area contributed by atoms with Crippen LogP contribution in [0.25, 0.3) is 0 Å². The Bertz CT molecular complexity index is 390. The molecule has 0 fully saturated rings. The van der Waals surface area contributed by atoms with Crippen LogP contribution in [-0.2, 0) is 0 Å². The van der Waals surface area contributed by atoms with Gasteiger partial charge in [-0.05, 0) is 26.0 Å². The van der Waals surface area contributed by atoms with Crippen molar-refractivity contribution >= 4 is 5.82 Å². The molecule has 0 aromatic carbocycles. The van der Waals surface area contributed by atoms with Gasteiger partial charge in [-0.3, -0.25) is 0 Å². The fourth-order valence-corrected chi connectivity index (χ4v) is 1.34. The highest BCUT2D eigenvalue weighted by molar-refractivity contribution is 5.45. The van der Waals surface area contributed by atoms with Crippen LogP contribution in [0, 0.1) is 11.3 Å². The van der Waals surface area contributed by atoms with Crippen molar-refractivity contribution in [1.82, 2.24) is 4.98 Å². The number of hydrogen-bond acceptors (Lipinski definition) is 3. The quantitative estimate of drug-likeness (QED) is 0.702. The Morgan fingerprint density at radius 1 is 1.67 bits per heavy atom. The summed E-state index contributed by atoms with van der Waals surface area (Å²) in [6.45, 7) is 9.55. The summed E-state index contributed by atoms with van der Waals surface area (Å²) >= 11 is 0. The Morgan fingerprint density at radius 3 is 2.93 bits per heavy atom. The first-order valence-electron chi connectivity index (χ1n) is 4.93. The van der Waals surface area contributed by atoms with Crippen LogP contribution in [-0.4, -0.2) is 18.1 Å². The van der Waals surface area contributed by atoms with Gasteiger partial charge in [0.05, 0.1) is 11.6 Å². The molecule has 1 rings (SSSR count). The van der Waals surface area contributed by atoms with E-state index in [0.29, 0.717) is 5.56 Å². The molecule has 3 heteroatoms. The van der Waals surface area contributed by atoms with Crippen molar-refractivity contribution < 1.29 is 0 Å². The van der Waals surface area contributed by atoms with E-state index in [-0.39, 0.29) is 0 Å². The largest absolute Gasteiger partial charge is 0.353 e. The van der Waals surface area contributed by atoms with Crippen LogP contribution in [0.1, 0.15) is 19.4 Å². The van der Waals surface area contributed by atoms with Crippen LogP contribution < -0.4 is 4.90 Å². The molecule has 0 N–H and O–H groups in total. The maximum atomic E-state index is 8.78. The molecule has 0 unspecified atom stereocenters. The first-order chi connectivity index (χ1) is 7.17. The Hall–Kier alpha value is -1.82. The molecule has 0 bridgehead atoms. The van der Waals surface area contributed by atoms with E-state index < -0.39 is 0 Å². The molecule has 0 atom stereocenters. The molecule has 15 heavy (non-hydrogen) atoms. The molecule has 0 spiro atoms. The topological polar surface area (TPSA) is 39.9 Å². The van der Waals surface area contributed by atoms with Gasteiger partial charge in [-0.25, -0.2) is 4.98 Å². The van der Waals surface area contributed by atoms with Crippen molar-refractivity contribution in [3.05, 3.63) is 36.0 Å². The lowest BCUT2D eigenvalue weighted by atomic mass is 10.2. The summed E-state index contributed by atoms with van der Waals surface area (Å²) in [6, 6.07) is 5.62. The van der Waals surface area contributed by atoms with Crippen LogP contribution in [0.4, 0.5) is 5.82 Å². The minimum atomic E-state index is 0.639. The van der Waals surface area contributed by atoms with Crippen molar-refractivity contribution in [3.8, 4) is 6.07 Å². The zero-order valence-corrected chi connectivity index (χ0v) is 9.20. The van der Waals surface area contributed by atoms with E-state index >= 15 is 0 Å². The van der Waals surface area contributed by atoms with Crippen LogP contribution in [0.2, 0.25) is 0 Å². The molecule has 0 amide bonds. The molecule has 0 aliphatic carbocycles. The molecule has 0 saturated heterocycles. The number of hydrogen-bond donors (Lipinski definition) is 0. The molecular formula is C12H15N3. The number of rotatable bonds is 4.